The molecule has 5 atom stereocenters. The topological polar surface area (TPSA) is 48.1 Å². The Bertz CT molecular complexity index is 264. The normalized spacial score (nSPS) is 57.6. The summed E-state index contributed by atoms with van der Waals surface area (Å²) < 4.78 is 0. The Hall–Kier alpha value is -0.160. The van der Waals surface area contributed by atoms with Gasteiger partial charge in [-0.25, -0.2) is 0 Å². The molecule has 4 bridgehead atoms. The molecule has 0 aromatic heterocycles. The van der Waals surface area contributed by atoms with Crippen LogP contribution >= 0.6 is 0 Å². The molecule has 0 spiro atoms. The summed E-state index contributed by atoms with van der Waals surface area (Å²) in [5, 5.41) is 14.9. The van der Waals surface area contributed by atoms with Gasteiger partial charge in [-0.15, -0.1) is 0 Å². The molecule has 84 valence electrons. The molecule has 5 rings (SSSR count). The predicted octanol–water partition coefficient (Wildman–Crippen LogP) is -1.22. The van der Waals surface area contributed by atoms with Crippen molar-refractivity contribution < 1.29 is 0 Å². The first kappa shape index (κ1) is 8.93. The lowest BCUT2D eigenvalue weighted by Gasteiger charge is -2.51. The van der Waals surface area contributed by atoms with Crippen LogP contribution in [0.4, 0.5) is 0 Å². The van der Waals surface area contributed by atoms with Crippen LogP contribution in [0.1, 0.15) is 19.3 Å². The van der Waals surface area contributed by atoms with Crippen molar-refractivity contribution in [1.82, 2.24) is 21.3 Å². The number of hydrogen-bond acceptors (Lipinski definition) is 4. The van der Waals surface area contributed by atoms with Gasteiger partial charge in [0.15, 0.2) is 0 Å². The molecule has 15 heavy (non-hydrogen) atoms. The van der Waals surface area contributed by atoms with Crippen molar-refractivity contribution >= 4 is 0 Å². The first-order valence-electron chi connectivity index (χ1n) is 6.34. The van der Waals surface area contributed by atoms with E-state index in [-0.39, 0.29) is 0 Å². The second kappa shape index (κ2) is 2.94. The Morgan fingerprint density at radius 1 is 1.00 bits per heavy atom. The van der Waals surface area contributed by atoms with Crippen molar-refractivity contribution in [2.45, 2.75) is 49.0 Å². The summed E-state index contributed by atoms with van der Waals surface area (Å²) >= 11 is 0. The van der Waals surface area contributed by atoms with Crippen molar-refractivity contribution in [2.75, 3.05) is 19.6 Å². The summed E-state index contributed by atoms with van der Waals surface area (Å²) in [5.41, 5.74) is 0.349. The van der Waals surface area contributed by atoms with Crippen molar-refractivity contribution in [2.24, 2.45) is 0 Å². The number of piperazine rings is 2. The molecule has 5 saturated heterocycles. The minimum atomic E-state index is 0.349. The highest BCUT2D eigenvalue weighted by Crippen LogP contribution is 2.34. The highest BCUT2D eigenvalue weighted by molar-refractivity contribution is 5.18. The summed E-state index contributed by atoms with van der Waals surface area (Å²) in [6.45, 7) is 3.49. The summed E-state index contributed by atoms with van der Waals surface area (Å²) in [5.74, 6) is 0. The Morgan fingerprint density at radius 2 is 2.00 bits per heavy atom. The van der Waals surface area contributed by atoms with Crippen LogP contribution in [0.5, 0.6) is 0 Å². The molecule has 5 unspecified atom stereocenters. The third-order valence-corrected chi connectivity index (χ3v) is 4.88. The van der Waals surface area contributed by atoms with Crippen LogP contribution in [0.3, 0.4) is 0 Å². The molecule has 0 saturated carbocycles. The highest BCUT2D eigenvalue weighted by atomic mass is 15.3. The third-order valence-electron chi connectivity index (χ3n) is 4.88. The van der Waals surface area contributed by atoms with Crippen LogP contribution in [-0.2, 0) is 0 Å². The largest absolute Gasteiger partial charge is 0.311 e. The molecule has 4 nitrogen and oxygen atoms in total. The van der Waals surface area contributed by atoms with E-state index in [2.05, 4.69) is 21.3 Å². The van der Waals surface area contributed by atoms with Crippen LogP contribution in [-0.4, -0.2) is 49.3 Å². The quantitative estimate of drug-likeness (QED) is 0.436. The Morgan fingerprint density at radius 3 is 2.47 bits per heavy atom. The smallest absolute Gasteiger partial charge is 0.0492 e. The maximum Gasteiger partial charge on any atom is 0.0492 e. The van der Waals surface area contributed by atoms with Gasteiger partial charge in [-0.2, -0.15) is 0 Å². The second-order valence-electron chi connectivity index (χ2n) is 5.75. The van der Waals surface area contributed by atoms with Crippen LogP contribution in [0.15, 0.2) is 0 Å². The molecule has 5 aliphatic heterocycles. The van der Waals surface area contributed by atoms with Crippen LogP contribution in [0, 0.1) is 0 Å². The molecule has 0 aromatic carbocycles. The van der Waals surface area contributed by atoms with Gasteiger partial charge in [-0.3, -0.25) is 0 Å². The minimum absolute atomic E-state index is 0.349. The van der Waals surface area contributed by atoms with E-state index in [0.717, 1.165) is 25.2 Å². The van der Waals surface area contributed by atoms with Crippen molar-refractivity contribution in [3.63, 3.8) is 0 Å². The lowest BCUT2D eigenvalue weighted by molar-refractivity contribution is 0.117. The van der Waals surface area contributed by atoms with E-state index in [1.54, 1.807) is 0 Å². The first-order valence-corrected chi connectivity index (χ1v) is 6.34. The van der Waals surface area contributed by atoms with Gasteiger partial charge in [0.05, 0.1) is 0 Å². The highest BCUT2D eigenvalue weighted by Gasteiger charge is 2.54. The van der Waals surface area contributed by atoms with Gasteiger partial charge < -0.3 is 21.3 Å². The molecule has 0 radical (unpaired) electrons. The van der Waals surface area contributed by atoms with Crippen molar-refractivity contribution in [3.8, 4) is 0 Å². The fourth-order valence-electron chi connectivity index (χ4n) is 4.08. The summed E-state index contributed by atoms with van der Waals surface area (Å²) in [6.07, 6.45) is 4.03. The Kier molecular flexibility index (Phi) is 1.75. The van der Waals surface area contributed by atoms with Gasteiger partial charge in [-0.05, 0) is 19.3 Å². The zero-order valence-electron chi connectivity index (χ0n) is 9.05. The standard InChI is InChI=1S/C11H20N4/c1-2-9-10(15-7(1)4-12-9)11-3-8(5-14-11)13-6-11/h7-10,12-15H,1-6H2. The molecule has 0 amide bonds. The van der Waals surface area contributed by atoms with Gasteiger partial charge in [-0.1, -0.05) is 0 Å². The molecule has 4 heteroatoms. The average molecular weight is 208 g/mol. The van der Waals surface area contributed by atoms with E-state index in [9.17, 15) is 0 Å². The summed E-state index contributed by atoms with van der Waals surface area (Å²) in [6, 6.07) is 2.79. The predicted molar refractivity (Wildman–Crippen MR) is 58.9 cm³/mol. The fraction of sp³-hybridized carbons (Fsp3) is 1.00. The maximum absolute atomic E-state index is 3.85. The molecule has 5 aliphatic rings. The molecular weight excluding hydrogens is 188 g/mol. The monoisotopic (exact) mass is 208 g/mol. The van der Waals surface area contributed by atoms with E-state index in [1.807, 2.05) is 0 Å². The molecular formula is C11H20N4. The number of nitrogens with one attached hydrogen (secondary N) is 4. The van der Waals surface area contributed by atoms with E-state index in [0.29, 0.717) is 17.6 Å². The first-order chi connectivity index (χ1) is 7.36. The maximum atomic E-state index is 3.85. The molecule has 5 fully saturated rings. The zero-order valence-corrected chi connectivity index (χ0v) is 9.05. The average Bonchev–Trinajstić information content (AvgIpc) is 2.92. The molecule has 5 heterocycles. The SMILES string of the molecule is C1NC2(C3NC4CCC3NC4)CNC1C2. The molecule has 0 aliphatic carbocycles. The number of hydrogen-bond donors (Lipinski definition) is 4. The fourth-order valence-corrected chi connectivity index (χ4v) is 4.08. The van der Waals surface area contributed by atoms with Crippen LogP contribution in [0.2, 0.25) is 0 Å². The van der Waals surface area contributed by atoms with Gasteiger partial charge >= 0.3 is 0 Å². The lowest BCUT2D eigenvalue weighted by Crippen LogP contribution is -2.75. The second-order valence-corrected chi connectivity index (χ2v) is 5.75. The van der Waals surface area contributed by atoms with E-state index in [4.69, 9.17) is 0 Å². The lowest BCUT2D eigenvalue weighted by atomic mass is 9.77. The van der Waals surface area contributed by atoms with Crippen LogP contribution < -0.4 is 21.3 Å². The Labute approximate surface area is 90.6 Å². The third kappa shape index (κ3) is 1.16. The van der Waals surface area contributed by atoms with Crippen LogP contribution in [0.25, 0.3) is 0 Å². The molecule has 4 N–H and O–H groups in total. The van der Waals surface area contributed by atoms with Gasteiger partial charge in [0.1, 0.15) is 0 Å². The van der Waals surface area contributed by atoms with E-state index in [1.165, 1.54) is 25.8 Å². The van der Waals surface area contributed by atoms with Gasteiger partial charge in [0.2, 0.25) is 0 Å². The van der Waals surface area contributed by atoms with Crippen molar-refractivity contribution in [3.05, 3.63) is 0 Å². The zero-order chi connectivity index (χ0) is 9.88. The van der Waals surface area contributed by atoms with E-state index < -0.39 is 0 Å². The minimum Gasteiger partial charge on any atom is -0.311 e. The molecule has 0 aromatic rings. The summed E-state index contributed by atoms with van der Waals surface area (Å²) in [4.78, 5) is 0. The Balaban J connectivity index is 1.62. The van der Waals surface area contributed by atoms with Gasteiger partial charge in [0, 0.05) is 49.3 Å². The van der Waals surface area contributed by atoms with Gasteiger partial charge in [0.25, 0.3) is 0 Å². The van der Waals surface area contributed by atoms with E-state index >= 15 is 0 Å². The number of rotatable bonds is 1. The van der Waals surface area contributed by atoms with Crippen molar-refractivity contribution in [1.29, 1.82) is 0 Å². The number of fused-ring (bicyclic) bond motifs is 6. The summed E-state index contributed by atoms with van der Waals surface area (Å²) in [7, 11) is 0. The number of piperidine rings is 2.